The van der Waals surface area contributed by atoms with Gasteiger partial charge in [0.15, 0.2) is 0 Å². The average molecular weight is 250 g/mol. The molecular weight excluding hydrogens is 228 g/mol. The number of rotatable bonds is 3. The summed E-state index contributed by atoms with van der Waals surface area (Å²) in [5.41, 5.74) is 5.71. The summed E-state index contributed by atoms with van der Waals surface area (Å²) in [6.45, 7) is 6.03. The van der Waals surface area contributed by atoms with Gasteiger partial charge in [0.05, 0.1) is 0 Å². The van der Waals surface area contributed by atoms with E-state index < -0.39 is 0 Å². The van der Waals surface area contributed by atoms with Crippen molar-refractivity contribution in [3.8, 4) is 0 Å². The van der Waals surface area contributed by atoms with E-state index in [0.29, 0.717) is 17.7 Å². The Bertz CT molecular complexity index is 387. The topological polar surface area (TPSA) is 70.3 Å². The molecular formula is C12H22N6. The van der Waals surface area contributed by atoms with E-state index >= 15 is 0 Å². The van der Waals surface area contributed by atoms with Crippen LogP contribution in [0.2, 0.25) is 0 Å². The van der Waals surface area contributed by atoms with Crippen LogP contribution in [-0.2, 0) is 0 Å². The van der Waals surface area contributed by atoms with Gasteiger partial charge in [-0.1, -0.05) is 0 Å². The lowest BCUT2D eigenvalue weighted by Crippen LogP contribution is -2.52. The van der Waals surface area contributed by atoms with E-state index in [1.165, 1.54) is 0 Å². The van der Waals surface area contributed by atoms with Gasteiger partial charge in [-0.05, 0) is 21.0 Å². The number of nitrogens with zero attached hydrogens (tertiary/aromatic N) is 4. The first kappa shape index (κ1) is 13.0. The molecule has 0 amide bonds. The fraction of sp³-hybridized carbons (Fsp3) is 0.667. The third-order valence-corrected chi connectivity index (χ3v) is 3.36. The second kappa shape index (κ2) is 5.49. The van der Waals surface area contributed by atoms with Crippen molar-refractivity contribution in [1.29, 1.82) is 0 Å². The molecule has 1 aliphatic heterocycles. The van der Waals surface area contributed by atoms with E-state index in [0.717, 1.165) is 32.0 Å². The van der Waals surface area contributed by atoms with E-state index in [4.69, 9.17) is 5.73 Å². The summed E-state index contributed by atoms with van der Waals surface area (Å²) >= 11 is 0. The summed E-state index contributed by atoms with van der Waals surface area (Å²) in [4.78, 5) is 13.1. The van der Waals surface area contributed by atoms with Crippen molar-refractivity contribution in [1.82, 2.24) is 19.8 Å². The number of aromatic nitrogens is 2. The molecule has 0 aromatic carbocycles. The Balaban J connectivity index is 1.94. The highest BCUT2D eigenvalue weighted by Crippen LogP contribution is 2.10. The summed E-state index contributed by atoms with van der Waals surface area (Å²) in [5.74, 6) is 2.02. The molecule has 1 aromatic heterocycles. The van der Waals surface area contributed by atoms with Crippen LogP contribution < -0.4 is 11.1 Å². The number of anilines is 2. The number of piperazine rings is 1. The zero-order chi connectivity index (χ0) is 13.1. The van der Waals surface area contributed by atoms with Crippen LogP contribution in [0.25, 0.3) is 0 Å². The Morgan fingerprint density at radius 2 is 2.17 bits per heavy atom. The molecule has 100 valence electrons. The highest BCUT2D eigenvalue weighted by atomic mass is 15.3. The summed E-state index contributed by atoms with van der Waals surface area (Å²) in [6, 6.07) is 2.28. The van der Waals surface area contributed by atoms with Gasteiger partial charge in [-0.2, -0.15) is 0 Å². The molecule has 0 saturated carbocycles. The molecule has 1 fully saturated rings. The van der Waals surface area contributed by atoms with Crippen LogP contribution in [0, 0.1) is 6.92 Å². The zero-order valence-corrected chi connectivity index (χ0v) is 11.3. The van der Waals surface area contributed by atoms with E-state index in [9.17, 15) is 0 Å². The summed E-state index contributed by atoms with van der Waals surface area (Å²) in [5, 5.41) is 3.35. The summed E-state index contributed by atoms with van der Waals surface area (Å²) in [7, 11) is 4.33. The summed E-state index contributed by atoms with van der Waals surface area (Å²) in [6.07, 6.45) is 0. The minimum Gasteiger partial charge on any atom is -0.384 e. The predicted octanol–water partition coefficient (Wildman–Crippen LogP) is 0.0249. The van der Waals surface area contributed by atoms with E-state index in [2.05, 4.69) is 39.2 Å². The molecule has 3 N–H and O–H groups in total. The van der Waals surface area contributed by atoms with Gasteiger partial charge in [0, 0.05) is 38.3 Å². The standard InChI is InChI=1S/C12H22N6/c1-9-15-11(13)6-12(16-9)14-7-10-8-17(2)4-5-18(10)3/h6,10H,4-5,7-8H2,1-3H3,(H3,13,14,15,16). The molecule has 0 spiro atoms. The van der Waals surface area contributed by atoms with Crippen molar-refractivity contribution < 1.29 is 0 Å². The molecule has 0 radical (unpaired) electrons. The highest BCUT2D eigenvalue weighted by Gasteiger charge is 2.21. The first-order chi connectivity index (χ1) is 8.54. The van der Waals surface area contributed by atoms with Crippen LogP contribution in [0.4, 0.5) is 11.6 Å². The highest BCUT2D eigenvalue weighted by molar-refractivity contribution is 5.44. The lowest BCUT2D eigenvalue weighted by molar-refractivity contribution is 0.122. The molecule has 1 aromatic rings. The van der Waals surface area contributed by atoms with Crippen molar-refractivity contribution in [2.75, 3.05) is 51.3 Å². The Labute approximate surface area is 108 Å². The lowest BCUT2D eigenvalue weighted by Gasteiger charge is -2.37. The number of aryl methyl sites for hydroxylation is 1. The van der Waals surface area contributed by atoms with Gasteiger partial charge in [-0.3, -0.25) is 4.90 Å². The maximum absolute atomic E-state index is 5.71. The fourth-order valence-electron chi connectivity index (χ4n) is 2.23. The fourth-order valence-corrected chi connectivity index (χ4v) is 2.23. The van der Waals surface area contributed by atoms with Gasteiger partial charge in [-0.15, -0.1) is 0 Å². The number of nitrogen functional groups attached to an aromatic ring is 1. The third kappa shape index (κ3) is 3.30. The molecule has 2 heterocycles. The van der Waals surface area contributed by atoms with E-state index in [1.807, 2.05) is 6.92 Å². The monoisotopic (exact) mass is 250 g/mol. The SMILES string of the molecule is Cc1nc(N)cc(NCC2CN(C)CCN2C)n1. The van der Waals surface area contributed by atoms with Crippen molar-refractivity contribution in [3.63, 3.8) is 0 Å². The average Bonchev–Trinajstić information content (AvgIpc) is 2.29. The van der Waals surface area contributed by atoms with Crippen molar-refractivity contribution in [2.24, 2.45) is 0 Å². The van der Waals surface area contributed by atoms with Crippen LogP contribution in [0.1, 0.15) is 5.82 Å². The molecule has 0 aliphatic carbocycles. The van der Waals surface area contributed by atoms with Crippen LogP contribution in [0.15, 0.2) is 6.07 Å². The van der Waals surface area contributed by atoms with Crippen molar-refractivity contribution >= 4 is 11.6 Å². The quantitative estimate of drug-likeness (QED) is 0.788. The molecule has 18 heavy (non-hydrogen) atoms. The first-order valence-electron chi connectivity index (χ1n) is 6.28. The zero-order valence-electron chi connectivity index (χ0n) is 11.3. The smallest absolute Gasteiger partial charge is 0.131 e. The normalized spacial score (nSPS) is 22.1. The van der Waals surface area contributed by atoms with E-state index in [-0.39, 0.29) is 0 Å². The molecule has 1 atom stereocenters. The number of hydrogen-bond acceptors (Lipinski definition) is 6. The Kier molecular flexibility index (Phi) is 3.98. The van der Waals surface area contributed by atoms with Gasteiger partial charge in [0.2, 0.25) is 0 Å². The maximum atomic E-state index is 5.71. The summed E-state index contributed by atoms with van der Waals surface area (Å²) < 4.78 is 0. The molecule has 6 nitrogen and oxygen atoms in total. The van der Waals surface area contributed by atoms with E-state index in [1.54, 1.807) is 6.07 Å². The minimum absolute atomic E-state index is 0.500. The van der Waals surface area contributed by atoms with Gasteiger partial charge in [0.1, 0.15) is 17.5 Å². The Morgan fingerprint density at radius 1 is 1.39 bits per heavy atom. The largest absolute Gasteiger partial charge is 0.384 e. The van der Waals surface area contributed by atoms with Gasteiger partial charge in [0.25, 0.3) is 0 Å². The lowest BCUT2D eigenvalue weighted by atomic mass is 10.2. The molecule has 1 aliphatic rings. The molecule has 2 rings (SSSR count). The molecule has 1 unspecified atom stereocenters. The second-order valence-corrected chi connectivity index (χ2v) is 5.00. The molecule has 1 saturated heterocycles. The van der Waals surface area contributed by atoms with Crippen LogP contribution in [-0.4, -0.2) is 66.1 Å². The predicted molar refractivity (Wildman–Crippen MR) is 73.6 cm³/mol. The number of likely N-dealkylation sites (N-methyl/N-ethyl adjacent to an activating group) is 2. The van der Waals surface area contributed by atoms with Gasteiger partial charge >= 0.3 is 0 Å². The van der Waals surface area contributed by atoms with Crippen molar-refractivity contribution in [2.45, 2.75) is 13.0 Å². The Hall–Kier alpha value is -1.40. The van der Waals surface area contributed by atoms with Gasteiger partial charge in [-0.25, -0.2) is 9.97 Å². The number of nitrogens with one attached hydrogen (secondary N) is 1. The maximum Gasteiger partial charge on any atom is 0.131 e. The van der Waals surface area contributed by atoms with Crippen LogP contribution >= 0.6 is 0 Å². The molecule has 6 heteroatoms. The third-order valence-electron chi connectivity index (χ3n) is 3.36. The Morgan fingerprint density at radius 3 is 2.89 bits per heavy atom. The molecule has 0 bridgehead atoms. The van der Waals surface area contributed by atoms with Gasteiger partial charge < -0.3 is 16.0 Å². The van der Waals surface area contributed by atoms with Crippen LogP contribution in [0.3, 0.4) is 0 Å². The second-order valence-electron chi connectivity index (χ2n) is 5.00. The van der Waals surface area contributed by atoms with Crippen LogP contribution in [0.5, 0.6) is 0 Å². The number of nitrogens with two attached hydrogens (primary N) is 1. The van der Waals surface area contributed by atoms with Crippen molar-refractivity contribution in [3.05, 3.63) is 11.9 Å². The number of hydrogen-bond donors (Lipinski definition) is 2. The first-order valence-corrected chi connectivity index (χ1v) is 6.28. The minimum atomic E-state index is 0.500.